The van der Waals surface area contributed by atoms with Gasteiger partial charge in [0.2, 0.25) is 0 Å². The molecular formula is C26H52N2O2. The molecule has 0 saturated heterocycles. The van der Waals surface area contributed by atoms with Gasteiger partial charge in [0, 0.05) is 50.6 Å². The van der Waals surface area contributed by atoms with Crippen LogP contribution in [0.3, 0.4) is 0 Å². The Bertz CT molecular complexity index is 395. The van der Waals surface area contributed by atoms with Gasteiger partial charge in [-0.2, -0.15) is 0 Å². The number of rotatable bonds is 21. The number of hydrogen-bond donors (Lipinski definition) is 0. The maximum absolute atomic E-state index is 5.86. The summed E-state index contributed by atoms with van der Waals surface area (Å²) in [7, 11) is 0. The molecule has 2 unspecified atom stereocenters. The predicted molar refractivity (Wildman–Crippen MR) is 134 cm³/mol. The fraction of sp³-hybridized carbons (Fsp3) is 0.923. The van der Waals surface area contributed by atoms with E-state index in [9.17, 15) is 0 Å². The number of ether oxygens (including phenoxy) is 2. The van der Waals surface area contributed by atoms with Crippen molar-refractivity contribution in [2.24, 2.45) is 9.98 Å². The molecule has 0 N–H and O–H groups in total. The van der Waals surface area contributed by atoms with E-state index in [0.717, 1.165) is 64.8 Å². The lowest BCUT2D eigenvalue weighted by atomic mass is 10.1. The third-order valence-corrected chi connectivity index (χ3v) is 5.40. The van der Waals surface area contributed by atoms with Gasteiger partial charge in [-0.15, -0.1) is 0 Å². The Labute approximate surface area is 188 Å². The van der Waals surface area contributed by atoms with Crippen molar-refractivity contribution in [2.45, 2.75) is 131 Å². The van der Waals surface area contributed by atoms with Crippen LogP contribution in [0.4, 0.5) is 0 Å². The van der Waals surface area contributed by atoms with E-state index in [2.05, 4.69) is 41.5 Å². The van der Waals surface area contributed by atoms with Gasteiger partial charge in [-0.1, -0.05) is 53.4 Å². The van der Waals surface area contributed by atoms with Crippen molar-refractivity contribution in [3.8, 4) is 0 Å². The zero-order valence-electron chi connectivity index (χ0n) is 21.2. The van der Waals surface area contributed by atoms with Crippen LogP contribution in [0.25, 0.3) is 0 Å². The molecule has 0 aliphatic carbocycles. The van der Waals surface area contributed by atoms with Gasteiger partial charge >= 0.3 is 0 Å². The van der Waals surface area contributed by atoms with Crippen LogP contribution >= 0.6 is 0 Å². The van der Waals surface area contributed by atoms with Crippen LogP contribution in [0.2, 0.25) is 0 Å². The molecule has 0 rings (SSSR count). The number of unbranched alkanes of at least 4 members (excludes halogenated alkanes) is 5. The van der Waals surface area contributed by atoms with Crippen molar-refractivity contribution in [3.63, 3.8) is 0 Å². The summed E-state index contributed by atoms with van der Waals surface area (Å²) in [6, 6.07) is 0. The fourth-order valence-electron chi connectivity index (χ4n) is 3.33. The third-order valence-electron chi connectivity index (χ3n) is 5.40. The Kier molecular flexibility index (Phi) is 21.0. The Morgan fingerprint density at radius 3 is 1.33 bits per heavy atom. The standard InChI is InChI=1S/C26H52N2O2/c1-7-11-19-29-23(5)21-25(9-3)27-17-15-13-14-16-18-28-26(10-4)22-24(6)30-20-12-8-2/h23-24H,7-22H2,1-6H3. The minimum atomic E-state index is 0.292. The molecule has 0 aliphatic heterocycles. The third kappa shape index (κ3) is 18.1. The number of aliphatic imine (C=N–C) groups is 2. The fourth-order valence-corrected chi connectivity index (χ4v) is 3.33. The van der Waals surface area contributed by atoms with Crippen LogP contribution in [-0.4, -0.2) is 49.9 Å². The highest BCUT2D eigenvalue weighted by atomic mass is 16.5. The van der Waals surface area contributed by atoms with E-state index in [-0.39, 0.29) is 0 Å². The lowest BCUT2D eigenvalue weighted by Crippen LogP contribution is -2.15. The average molecular weight is 425 g/mol. The first-order valence-corrected chi connectivity index (χ1v) is 12.8. The molecular weight excluding hydrogens is 372 g/mol. The first-order valence-electron chi connectivity index (χ1n) is 12.8. The Morgan fingerprint density at radius 2 is 1.00 bits per heavy atom. The Hall–Kier alpha value is -0.740. The van der Waals surface area contributed by atoms with Gasteiger partial charge < -0.3 is 9.47 Å². The van der Waals surface area contributed by atoms with Crippen LogP contribution in [0.15, 0.2) is 9.98 Å². The van der Waals surface area contributed by atoms with Crippen molar-refractivity contribution in [2.75, 3.05) is 26.3 Å². The summed E-state index contributed by atoms with van der Waals surface area (Å²) in [5.41, 5.74) is 2.62. The summed E-state index contributed by atoms with van der Waals surface area (Å²) in [5, 5.41) is 0. The van der Waals surface area contributed by atoms with Gasteiger partial charge in [0.1, 0.15) is 0 Å². The van der Waals surface area contributed by atoms with Gasteiger partial charge in [-0.25, -0.2) is 0 Å². The maximum Gasteiger partial charge on any atom is 0.0598 e. The number of nitrogens with zero attached hydrogens (tertiary/aromatic N) is 2. The van der Waals surface area contributed by atoms with Crippen molar-refractivity contribution in [1.82, 2.24) is 0 Å². The van der Waals surface area contributed by atoms with Gasteiger partial charge in [0.25, 0.3) is 0 Å². The van der Waals surface area contributed by atoms with E-state index in [1.54, 1.807) is 0 Å². The van der Waals surface area contributed by atoms with Crippen LogP contribution in [-0.2, 0) is 9.47 Å². The summed E-state index contributed by atoms with van der Waals surface area (Å²) in [4.78, 5) is 9.66. The highest BCUT2D eigenvalue weighted by Crippen LogP contribution is 2.08. The molecule has 0 amide bonds. The van der Waals surface area contributed by atoms with Crippen molar-refractivity contribution >= 4 is 11.4 Å². The van der Waals surface area contributed by atoms with Crippen LogP contribution < -0.4 is 0 Å². The SMILES string of the molecule is CCCCOC(C)CC(CC)=NCCCCCCN=C(CC)CC(C)OCCCC. The molecule has 0 aromatic rings. The summed E-state index contributed by atoms with van der Waals surface area (Å²) < 4.78 is 11.7. The lowest BCUT2D eigenvalue weighted by molar-refractivity contribution is 0.0685. The van der Waals surface area contributed by atoms with Crippen molar-refractivity contribution in [1.29, 1.82) is 0 Å². The maximum atomic E-state index is 5.86. The Balaban J connectivity index is 3.91. The summed E-state index contributed by atoms with van der Waals surface area (Å²) in [5.74, 6) is 0. The van der Waals surface area contributed by atoms with E-state index in [1.807, 2.05) is 0 Å². The minimum Gasteiger partial charge on any atom is -0.378 e. The molecule has 0 fully saturated rings. The first-order chi connectivity index (χ1) is 14.6. The highest BCUT2D eigenvalue weighted by Gasteiger charge is 2.07. The molecule has 4 nitrogen and oxygen atoms in total. The molecule has 0 aromatic carbocycles. The largest absolute Gasteiger partial charge is 0.378 e. The molecule has 0 bridgehead atoms. The minimum absolute atomic E-state index is 0.292. The number of hydrogen-bond acceptors (Lipinski definition) is 4. The average Bonchev–Trinajstić information content (AvgIpc) is 2.74. The van der Waals surface area contributed by atoms with Crippen molar-refractivity contribution < 1.29 is 9.47 Å². The molecule has 0 radical (unpaired) electrons. The summed E-state index contributed by atoms with van der Waals surface area (Å²) in [6.07, 6.45) is 14.2. The molecule has 0 saturated carbocycles. The van der Waals surface area contributed by atoms with E-state index in [4.69, 9.17) is 19.5 Å². The zero-order chi connectivity index (χ0) is 22.5. The molecule has 0 aliphatic rings. The lowest BCUT2D eigenvalue weighted by Gasteiger charge is -2.14. The molecule has 4 heteroatoms. The first kappa shape index (κ1) is 29.3. The van der Waals surface area contributed by atoms with E-state index >= 15 is 0 Å². The van der Waals surface area contributed by atoms with Gasteiger partial charge in [-0.05, 0) is 52.4 Å². The summed E-state index contributed by atoms with van der Waals surface area (Å²) in [6.45, 7) is 16.8. The van der Waals surface area contributed by atoms with Crippen LogP contribution in [0, 0.1) is 0 Å². The topological polar surface area (TPSA) is 43.2 Å². The van der Waals surface area contributed by atoms with Gasteiger partial charge in [0.05, 0.1) is 12.2 Å². The predicted octanol–water partition coefficient (Wildman–Crippen LogP) is 7.44. The van der Waals surface area contributed by atoms with Gasteiger partial charge in [0.15, 0.2) is 0 Å². The molecule has 2 atom stereocenters. The second-order valence-electron chi connectivity index (χ2n) is 8.50. The molecule has 0 spiro atoms. The molecule has 0 heterocycles. The van der Waals surface area contributed by atoms with E-state index in [0.29, 0.717) is 12.2 Å². The second-order valence-corrected chi connectivity index (χ2v) is 8.50. The smallest absolute Gasteiger partial charge is 0.0598 e. The zero-order valence-corrected chi connectivity index (χ0v) is 21.2. The Morgan fingerprint density at radius 1 is 0.600 bits per heavy atom. The monoisotopic (exact) mass is 424 g/mol. The van der Waals surface area contributed by atoms with Crippen molar-refractivity contribution in [3.05, 3.63) is 0 Å². The second kappa shape index (κ2) is 21.5. The van der Waals surface area contributed by atoms with E-state index in [1.165, 1.54) is 49.9 Å². The summed E-state index contributed by atoms with van der Waals surface area (Å²) >= 11 is 0. The molecule has 178 valence electrons. The quantitative estimate of drug-likeness (QED) is 0.142. The van der Waals surface area contributed by atoms with Crippen LogP contribution in [0.1, 0.15) is 119 Å². The highest BCUT2D eigenvalue weighted by molar-refractivity contribution is 5.85. The van der Waals surface area contributed by atoms with E-state index < -0.39 is 0 Å². The molecule has 30 heavy (non-hydrogen) atoms. The normalized spacial score (nSPS) is 14.9. The molecule has 0 aromatic heterocycles. The van der Waals surface area contributed by atoms with Gasteiger partial charge in [-0.3, -0.25) is 9.98 Å². The van der Waals surface area contributed by atoms with Crippen LogP contribution in [0.5, 0.6) is 0 Å².